The Bertz CT molecular complexity index is 884. The van der Waals surface area contributed by atoms with Crippen molar-refractivity contribution in [3.8, 4) is 0 Å². The lowest BCUT2D eigenvalue weighted by Crippen LogP contribution is -2.45. The molecule has 0 saturated heterocycles. The van der Waals surface area contributed by atoms with E-state index in [-0.39, 0.29) is 24.3 Å². The van der Waals surface area contributed by atoms with Crippen LogP contribution in [0.2, 0.25) is 0 Å². The molecule has 0 bridgehead atoms. The highest BCUT2D eigenvalue weighted by molar-refractivity contribution is 5.92. The predicted octanol–water partition coefficient (Wildman–Crippen LogP) is 5.08. The molecule has 1 aliphatic carbocycles. The van der Waals surface area contributed by atoms with Crippen LogP contribution in [0.3, 0.4) is 0 Å². The second-order valence-corrected chi connectivity index (χ2v) is 8.32. The number of benzene rings is 2. The van der Waals surface area contributed by atoms with Gasteiger partial charge in [0.05, 0.1) is 5.41 Å². The number of anilines is 1. The fourth-order valence-corrected chi connectivity index (χ4v) is 4.03. The van der Waals surface area contributed by atoms with Gasteiger partial charge in [-0.2, -0.15) is 0 Å². The van der Waals surface area contributed by atoms with Crippen LogP contribution in [0, 0.1) is 17.6 Å². The van der Waals surface area contributed by atoms with Crippen LogP contribution in [0.15, 0.2) is 42.5 Å². The molecule has 0 aromatic heterocycles. The Labute approximate surface area is 176 Å². The lowest BCUT2D eigenvalue weighted by Gasteiger charge is -2.36. The van der Waals surface area contributed by atoms with E-state index in [2.05, 4.69) is 10.6 Å². The molecule has 160 valence electrons. The normalized spacial score (nSPS) is 15.6. The van der Waals surface area contributed by atoms with Gasteiger partial charge in [-0.05, 0) is 48.2 Å². The van der Waals surface area contributed by atoms with Gasteiger partial charge in [-0.1, -0.05) is 45.2 Å². The van der Waals surface area contributed by atoms with Gasteiger partial charge in [-0.25, -0.2) is 8.78 Å². The molecule has 1 aliphatic rings. The van der Waals surface area contributed by atoms with Crippen LogP contribution in [0.1, 0.15) is 57.1 Å². The van der Waals surface area contributed by atoms with Crippen molar-refractivity contribution < 1.29 is 18.4 Å². The minimum atomic E-state index is -0.676. The summed E-state index contributed by atoms with van der Waals surface area (Å²) < 4.78 is 26.9. The van der Waals surface area contributed by atoms with Crippen molar-refractivity contribution >= 4 is 17.5 Å². The molecule has 30 heavy (non-hydrogen) atoms. The zero-order valence-corrected chi connectivity index (χ0v) is 17.4. The first-order valence-electron chi connectivity index (χ1n) is 10.4. The lowest BCUT2D eigenvalue weighted by atomic mass is 9.68. The largest absolute Gasteiger partial charge is 0.351 e. The van der Waals surface area contributed by atoms with Crippen molar-refractivity contribution in [3.05, 3.63) is 65.2 Å². The standard InChI is InChI=1S/C24H28F2N2O2/c1-16(2)22(29)28-21-8-6-18(7-9-21)24(10-4-3-5-11-24)23(30)27-15-17-12-19(25)14-20(26)13-17/h6-9,12-14,16H,3-5,10-11,15H2,1-2H3,(H,27,30)(H,28,29). The van der Waals surface area contributed by atoms with Crippen LogP contribution in [-0.4, -0.2) is 11.8 Å². The van der Waals surface area contributed by atoms with E-state index in [9.17, 15) is 18.4 Å². The molecule has 0 spiro atoms. The van der Waals surface area contributed by atoms with Gasteiger partial charge in [-0.15, -0.1) is 0 Å². The summed E-state index contributed by atoms with van der Waals surface area (Å²) in [6.07, 6.45) is 4.39. The molecule has 0 radical (unpaired) electrons. The van der Waals surface area contributed by atoms with E-state index in [1.807, 2.05) is 38.1 Å². The molecule has 1 fully saturated rings. The first-order valence-corrected chi connectivity index (χ1v) is 10.4. The fourth-order valence-electron chi connectivity index (χ4n) is 4.03. The van der Waals surface area contributed by atoms with E-state index in [1.165, 1.54) is 12.1 Å². The summed E-state index contributed by atoms with van der Waals surface area (Å²) in [5, 5.41) is 5.74. The van der Waals surface area contributed by atoms with Gasteiger partial charge < -0.3 is 10.6 Å². The lowest BCUT2D eigenvalue weighted by molar-refractivity contribution is -0.128. The van der Waals surface area contributed by atoms with E-state index >= 15 is 0 Å². The Morgan fingerprint density at radius 1 is 0.967 bits per heavy atom. The third-order valence-electron chi connectivity index (χ3n) is 5.75. The van der Waals surface area contributed by atoms with E-state index in [1.54, 1.807) is 0 Å². The van der Waals surface area contributed by atoms with Crippen molar-refractivity contribution in [1.29, 1.82) is 0 Å². The Morgan fingerprint density at radius 3 is 2.13 bits per heavy atom. The van der Waals surface area contributed by atoms with Gasteiger partial charge in [0.25, 0.3) is 0 Å². The molecule has 0 unspecified atom stereocenters. The van der Waals surface area contributed by atoms with Crippen LogP contribution in [0.4, 0.5) is 14.5 Å². The maximum absolute atomic E-state index is 13.4. The number of amides is 2. The van der Waals surface area contributed by atoms with Crippen LogP contribution < -0.4 is 10.6 Å². The van der Waals surface area contributed by atoms with Gasteiger partial charge in [0.15, 0.2) is 0 Å². The molecule has 2 N–H and O–H groups in total. The Morgan fingerprint density at radius 2 is 1.57 bits per heavy atom. The summed E-state index contributed by atoms with van der Waals surface area (Å²) in [6.45, 7) is 3.73. The fraction of sp³-hybridized carbons (Fsp3) is 0.417. The summed E-state index contributed by atoms with van der Waals surface area (Å²) in [5.74, 6) is -1.63. The molecule has 0 atom stereocenters. The second kappa shape index (κ2) is 9.37. The van der Waals surface area contributed by atoms with Crippen molar-refractivity contribution in [2.45, 2.75) is 57.9 Å². The average Bonchev–Trinajstić information content (AvgIpc) is 2.72. The van der Waals surface area contributed by atoms with E-state index < -0.39 is 17.0 Å². The van der Waals surface area contributed by atoms with Crippen molar-refractivity contribution in [2.75, 3.05) is 5.32 Å². The summed E-state index contributed by atoms with van der Waals surface area (Å²) in [4.78, 5) is 25.2. The van der Waals surface area contributed by atoms with Crippen LogP contribution >= 0.6 is 0 Å². The summed E-state index contributed by atoms with van der Waals surface area (Å²) in [7, 11) is 0. The van der Waals surface area contributed by atoms with E-state index in [0.717, 1.165) is 30.9 Å². The monoisotopic (exact) mass is 414 g/mol. The highest BCUT2D eigenvalue weighted by Gasteiger charge is 2.40. The maximum Gasteiger partial charge on any atom is 0.230 e. The van der Waals surface area contributed by atoms with Gasteiger partial charge in [0, 0.05) is 24.2 Å². The molecular weight excluding hydrogens is 386 g/mol. The number of hydrogen-bond donors (Lipinski definition) is 2. The number of rotatable bonds is 6. The van der Waals surface area contributed by atoms with Crippen molar-refractivity contribution in [2.24, 2.45) is 5.92 Å². The van der Waals surface area contributed by atoms with Crippen LogP contribution in [0.25, 0.3) is 0 Å². The Kier molecular flexibility index (Phi) is 6.85. The number of carbonyl (C=O) groups is 2. The Balaban J connectivity index is 1.78. The molecule has 4 nitrogen and oxygen atoms in total. The molecule has 0 aliphatic heterocycles. The van der Waals surface area contributed by atoms with Crippen LogP contribution in [-0.2, 0) is 21.5 Å². The Hall–Kier alpha value is -2.76. The maximum atomic E-state index is 13.4. The van der Waals surface area contributed by atoms with Crippen LogP contribution in [0.5, 0.6) is 0 Å². The molecule has 1 saturated carbocycles. The quantitative estimate of drug-likeness (QED) is 0.693. The number of halogens is 2. The topological polar surface area (TPSA) is 58.2 Å². The number of nitrogens with one attached hydrogen (secondary N) is 2. The molecule has 0 heterocycles. The average molecular weight is 414 g/mol. The minimum absolute atomic E-state index is 0.0600. The van der Waals surface area contributed by atoms with Gasteiger partial charge in [0.1, 0.15) is 11.6 Å². The molecule has 2 amide bonds. The third kappa shape index (κ3) is 5.04. The third-order valence-corrected chi connectivity index (χ3v) is 5.75. The second-order valence-electron chi connectivity index (χ2n) is 8.32. The van der Waals surface area contributed by atoms with Gasteiger partial charge >= 0.3 is 0 Å². The van der Waals surface area contributed by atoms with Crippen molar-refractivity contribution in [3.63, 3.8) is 0 Å². The number of carbonyl (C=O) groups excluding carboxylic acids is 2. The van der Waals surface area contributed by atoms with Crippen molar-refractivity contribution in [1.82, 2.24) is 5.32 Å². The molecule has 2 aromatic carbocycles. The van der Waals surface area contributed by atoms with Gasteiger partial charge in [0.2, 0.25) is 11.8 Å². The molecule has 2 aromatic rings. The highest BCUT2D eigenvalue weighted by Crippen LogP contribution is 2.40. The summed E-state index contributed by atoms with van der Waals surface area (Å²) >= 11 is 0. The molecule has 3 rings (SSSR count). The molecule has 6 heteroatoms. The zero-order valence-electron chi connectivity index (χ0n) is 17.4. The minimum Gasteiger partial charge on any atom is -0.351 e. The van der Waals surface area contributed by atoms with Gasteiger partial charge in [-0.3, -0.25) is 9.59 Å². The highest BCUT2D eigenvalue weighted by atomic mass is 19.1. The SMILES string of the molecule is CC(C)C(=O)Nc1ccc(C2(C(=O)NCc3cc(F)cc(F)c3)CCCCC2)cc1. The zero-order chi connectivity index (χ0) is 21.7. The number of hydrogen-bond acceptors (Lipinski definition) is 2. The predicted molar refractivity (Wildman–Crippen MR) is 113 cm³/mol. The summed E-state index contributed by atoms with van der Waals surface area (Å²) in [6, 6.07) is 10.7. The first-order chi connectivity index (χ1) is 14.3. The first kappa shape index (κ1) is 21.9. The van der Waals surface area contributed by atoms with E-state index in [0.29, 0.717) is 24.1 Å². The summed E-state index contributed by atoms with van der Waals surface area (Å²) in [5.41, 5.74) is 1.30. The van der Waals surface area contributed by atoms with E-state index in [4.69, 9.17) is 0 Å². The molecular formula is C24H28F2N2O2. The smallest absolute Gasteiger partial charge is 0.230 e.